The topological polar surface area (TPSA) is 72.2 Å². The van der Waals surface area contributed by atoms with Crippen molar-refractivity contribution < 1.29 is 9.72 Å². The molecule has 1 aromatic carbocycles. The van der Waals surface area contributed by atoms with Crippen LogP contribution in [0.3, 0.4) is 0 Å². The number of fused-ring (bicyclic) bond motifs is 1. The van der Waals surface area contributed by atoms with Crippen molar-refractivity contribution >= 4 is 17.2 Å². The highest BCUT2D eigenvalue weighted by Crippen LogP contribution is 2.60. The molecule has 4 bridgehead atoms. The number of carbonyl (C=O) groups is 1. The molecule has 1 heterocycles. The number of hydrogen-bond donors (Lipinski definition) is 1. The first-order valence-corrected chi connectivity index (χ1v) is 11.3. The van der Waals surface area contributed by atoms with Crippen molar-refractivity contribution in [1.82, 2.24) is 5.32 Å². The minimum absolute atomic E-state index is 0.103. The Morgan fingerprint density at radius 3 is 2.17 bits per heavy atom. The average molecular weight is 409 g/mol. The van der Waals surface area contributed by atoms with Gasteiger partial charge in [-0.25, -0.2) is 0 Å². The monoisotopic (exact) mass is 408 g/mol. The molecule has 30 heavy (non-hydrogen) atoms. The van der Waals surface area contributed by atoms with E-state index in [2.05, 4.69) is 33.0 Å². The highest BCUT2D eigenvalue weighted by atomic mass is 16.6. The number of hydrogen-bond acceptors (Lipinski definition) is 4. The maximum atomic E-state index is 13.7. The molecule has 160 valence electrons. The fraction of sp³-hybridized carbons (Fsp3) is 0.640. The van der Waals surface area contributed by atoms with Crippen molar-refractivity contribution in [3.05, 3.63) is 45.5 Å². The van der Waals surface area contributed by atoms with Gasteiger partial charge in [-0.05, 0) is 81.8 Å². The quantitative estimate of drug-likeness (QED) is 0.414. The molecule has 1 N–H and O–H groups in total. The zero-order chi connectivity index (χ0) is 21.5. The summed E-state index contributed by atoms with van der Waals surface area (Å²) in [7, 11) is 0. The number of nitro benzene ring substituents is 1. The molecule has 0 aromatic heterocycles. The molecule has 1 aliphatic heterocycles. The number of allylic oxidation sites excluding steroid dienone is 1. The van der Waals surface area contributed by atoms with Crippen LogP contribution in [0.2, 0.25) is 0 Å². The second kappa shape index (κ2) is 6.18. The second-order valence-electron chi connectivity index (χ2n) is 11.5. The maximum Gasteiger partial charge on any atom is 0.269 e. The fourth-order valence-corrected chi connectivity index (χ4v) is 7.11. The van der Waals surface area contributed by atoms with E-state index in [9.17, 15) is 14.9 Å². The van der Waals surface area contributed by atoms with E-state index in [1.165, 1.54) is 19.3 Å². The molecule has 5 nitrogen and oxygen atoms in total. The number of rotatable bonds is 3. The Hall–Kier alpha value is -2.17. The fourth-order valence-electron chi connectivity index (χ4n) is 7.11. The molecule has 4 fully saturated rings. The van der Waals surface area contributed by atoms with Crippen molar-refractivity contribution in [1.29, 1.82) is 0 Å². The molecule has 4 saturated carbocycles. The van der Waals surface area contributed by atoms with Crippen molar-refractivity contribution in [2.45, 2.75) is 77.2 Å². The third-order valence-electron chi connectivity index (χ3n) is 9.02. The molecule has 0 atom stereocenters. The van der Waals surface area contributed by atoms with Crippen molar-refractivity contribution in [2.75, 3.05) is 0 Å². The normalized spacial score (nSPS) is 36.3. The lowest BCUT2D eigenvalue weighted by molar-refractivity contribution is -0.385. The van der Waals surface area contributed by atoms with Gasteiger partial charge in [-0.2, -0.15) is 0 Å². The summed E-state index contributed by atoms with van der Waals surface area (Å²) in [6.07, 6.45) is 8.92. The zero-order valence-corrected chi connectivity index (χ0v) is 18.5. The molecular formula is C25H32N2O3. The van der Waals surface area contributed by atoms with Gasteiger partial charge >= 0.3 is 0 Å². The van der Waals surface area contributed by atoms with E-state index in [0.717, 1.165) is 53.8 Å². The lowest BCUT2D eigenvalue weighted by Gasteiger charge is -2.55. The lowest BCUT2D eigenvalue weighted by Crippen LogP contribution is -2.56. The third-order valence-corrected chi connectivity index (χ3v) is 9.02. The van der Waals surface area contributed by atoms with E-state index in [0.29, 0.717) is 0 Å². The summed E-state index contributed by atoms with van der Waals surface area (Å²) in [5.74, 6) is 2.44. The molecule has 5 heteroatoms. The number of nitrogens with zero attached hydrogens (tertiary/aromatic N) is 1. The van der Waals surface area contributed by atoms with Crippen LogP contribution in [0.5, 0.6) is 0 Å². The van der Waals surface area contributed by atoms with Crippen LogP contribution in [-0.2, 0) is 10.2 Å². The molecule has 0 saturated heterocycles. The summed E-state index contributed by atoms with van der Waals surface area (Å²) in [6, 6.07) is 5.06. The Morgan fingerprint density at radius 2 is 1.63 bits per heavy atom. The van der Waals surface area contributed by atoms with Crippen LogP contribution in [0.1, 0.15) is 77.3 Å². The van der Waals surface area contributed by atoms with Gasteiger partial charge in [-0.15, -0.1) is 0 Å². The molecular weight excluding hydrogens is 376 g/mol. The predicted octanol–water partition coefficient (Wildman–Crippen LogP) is 5.38. The van der Waals surface area contributed by atoms with Gasteiger partial charge in [-0.1, -0.05) is 13.8 Å². The first kappa shape index (κ1) is 19.8. The van der Waals surface area contributed by atoms with Crippen LogP contribution >= 0.6 is 0 Å². The Balaban J connectivity index is 1.57. The number of nitrogens with one attached hydrogen (secondary N) is 1. The van der Waals surface area contributed by atoms with Crippen LogP contribution in [0, 0.1) is 33.3 Å². The summed E-state index contributed by atoms with van der Waals surface area (Å²) in [5, 5.41) is 15.0. The number of carbonyl (C=O) groups excluding carboxylic acids is 1. The van der Waals surface area contributed by atoms with Gasteiger partial charge in [-0.3, -0.25) is 14.9 Å². The number of non-ortho nitro benzene ring substituents is 1. The molecule has 4 aliphatic carbocycles. The summed E-state index contributed by atoms with van der Waals surface area (Å²) < 4.78 is 0. The Morgan fingerprint density at radius 1 is 1.07 bits per heavy atom. The van der Waals surface area contributed by atoms with Crippen molar-refractivity contribution in [3.8, 4) is 0 Å². The molecule has 0 spiro atoms. The highest BCUT2D eigenvalue weighted by Gasteiger charge is 2.54. The molecule has 0 amide bonds. The largest absolute Gasteiger partial charge is 0.379 e. The summed E-state index contributed by atoms with van der Waals surface area (Å²) in [4.78, 5) is 24.8. The summed E-state index contributed by atoms with van der Waals surface area (Å²) in [5.41, 5.74) is 1.93. The lowest BCUT2D eigenvalue weighted by atomic mass is 9.48. The van der Waals surface area contributed by atoms with Gasteiger partial charge in [0, 0.05) is 45.8 Å². The summed E-state index contributed by atoms with van der Waals surface area (Å²) >= 11 is 0. The Labute approximate surface area is 178 Å². The van der Waals surface area contributed by atoms with Crippen LogP contribution in [0.15, 0.2) is 24.3 Å². The number of nitro groups is 1. The standard InChI is InChI=1S/C25H32N2O3/c1-23(2)20-10-18(27(29)30)5-6-19(20)21(26-24(23,3)4)11-22(28)25-12-15-7-16(13-25)9-17(8-15)14-25/h5-6,10-11,15-17,26H,7-9,12-14H2,1-4H3/b21-11+. The van der Waals surface area contributed by atoms with Crippen LogP contribution in [-0.4, -0.2) is 16.2 Å². The minimum atomic E-state index is -0.344. The van der Waals surface area contributed by atoms with Crippen LogP contribution < -0.4 is 5.32 Å². The van der Waals surface area contributed by atoms with Gasteiger partial charge < -0.3 is 5.32 Å². The predicted molar refractivity (Wildman–Crippen MR) is 117 cm³/mol. The third kappa shape index (κ3) is 2.77. The SMILES string of the molecule is CC1(C)N/C(=C/C(=O)C23CC4CC(CC(C4)C2)C3)c2ccc([N+](=O)[O-])cc2C1(C)C. The Bertz CT molecular complexity index is 937. The van der Waals surface area contributed by atoms with Crippen LogP contribution in [0.25, 0.3) is 5.70 Å². The van der Waals surface area contributed by atoms with Gasteiger partial charge in [0.2, 0.25) is 0 Å². The summed E-state index contributed by atoms with van der Waals surface area (Å²) in [6.45, 7) is 8.44. The van der Waals surface area contributed by atoms with Gasteiger partial charge in [0.25, 0.3) is 5.69 Å². The molecule has 6 rings (SSSR count). The smallest absolute Gasteiger partial charge is 0.269 e. The van der Waals surface area contributed by atoms with E-state index >= 15 is 0 Å². The van der Waals surface area contributed by atoms with Crippen molar-refractivity contribution in [2.24, 2.45) is 23.2 Å². The average Bonchev–Trinajstić information content (AvgIpc) is 2.64. The van der Waals surface area contributed by atoms with Gasteiger partial charge in [0.15, 0.2) is 5.78 Å². The van der Waals surface area contributed by atoms with E-state index in [-0.39, 0.29) is 32.8 Å². The Kier molecular flexibility index (Phi) is 4.07. The molecule has 5 aliphatic rings. The van der Waals surface area contributed by atoms with E-state index in [1.54, 1.807) is 12.1 Å². The highest BCUT2D eigenvalue weighted by molar-refractivity contribution is 6.01. The van der Waals surface area contributed by atoms with E-state index < -0.39 is 0 Å². The van der Waals surface area contributed by atoms with Crippen molar-refractivity contribution in [3.63, 3.8) is 0 Å². The number of ketones is 1. The number of benzene rings is 1. The second-order valence-corrected chi connectivity index (χ2v) is 11.5. The first-order valence-electron chi connectivity index (χ1n) is 11.3. The first-order chi connectivity index (χ1) is 14.0. The minimum Gasteiger partial charge on any atom is -0.379 e. The molecule has 0 radical (unpaired) electrons. The molecule has 0 unspecified atom stereocenters. The van der Waals surface area contributed by atoms with Gasteiger partial charge in [0.1, 0.15) is 0 Å². The van der Waals surface area contributed by atoms with E-state index in [1.807, 2.05) is 12.1 Å². The zero-order valence-electron chi connectivity index (χ0n) is 18.5. The maximum absolute atomic E-state index is 13.7. The molecule has 1 aromatic rings. The van der Waals surface area contributed by atoms with Crippen LogP contribution in [0.4, 0.5) is 5.69 Å². The van der Waals surface area contributed by atoms with Gasteiger partial charge in [0.05, 0.1) is 4.92 Å². The van der Waals surface area contributed by atoms with E-state index in [4.69, 9.17) is 0 Å².